The Bertz CT molecular complexity index is 225. The zero-order valence-corrected chi connectivity index (χ0v) is 8.22. The SMILES string of the molecule is Cc1[nH]cnc1CCCC(C)C. The van der Waals surface area contributed by atoms with E-state index >= 15 is 0 Å². The van der Waals surface area contributed by atoms with E-state index in [-0.39, 0.29) is 0 Å². The molecule has 0 aliphatic rings. The monoisotopic (exact) mass is 166 g/mol. The van der Waals surface area contributed by atoms with Crippen LogP contribution in [0.2, 0.25) is 0 Å². The maximum Gasteiger partial charge on any atom is 0.0925 e. The van der Waals surface area contributed by atoms with E-state index in [1.165, 1.54) is 24.2 Å². The van der Waals surface area contributed by atoms with Gasteiger partial charge >= 0.3 is 0 Å². The van der Waals surface area contributed by atoms with Crippen molar-refractivity contribution < 1.29 is 0 Å². The third-order valence-corrected chi connectivity index (χ3v) is 2.13. The first-order chi connectivity index (χ1) is 5.70. The van der Waals surface area contributed by atoms with Gasteiger partial charge in [0, 0.05) is 5.69 Å². The van der Waals surface area contributed by atoms with Crippen molar-refractivity contribution in [1.82, 2.24) is 9.97 Å². The molecule has 0 radical (unpaired) electrons. The standard InChI is InChI=1S/C10H18N2/c1-8(2)5-4-6-10-9(3)11-7-12-10/h7-8H,4-6H2,1-3H3,(H,11,12). The zero-order valence-electron chi connectivity index (χ0n) is 8.22. The molecule has 0 aliphatic heterocycles. The number of aromatic amines is 1. The molecule has 0 aromatic carbocycles. The second kappa shape index (κ2) is 4.29. The van der Waals surface area contributed by atoms with Crippen LogP contribution in [0.1, 0.15) is 38.1 Å². The quantitative estimate of drug-likeness (QED) is 0.732. The number of nitrogens with zero attached hydrogens (tertiary/aromatic N) is 1. The first-order valence-corrected chi connectivity index (χ1v) is 4.69. The number of aryl methyl sites for hydroxylation is 2. The molecule has 1 heterocycles. The third-order valence-electron chi connectivity index (χ3n) is 2.13. The lowest BCUT2D eigenvalue weighted by atomic mass is 10.1. The molecule has 0 bridgehead atoms. The predicted molar refractivity (Wildman–Crippen MR) is 51.1 cm³/mol. The average Bonchev–Trinajstić information content (AvgIpc) is 2.36. The Morgan fingerprint density at radius 1 is 1.50 bits per heavy atom. The molecule has 0 saturated carbocycles. The van der Waals surface area contributed by atoms with E-state index < -0.39 is 0 Å². The summed E-state index contributed by atoms with van der Waals surface area (Å²) in [6.45, 7) is 6.60. The van der Waals surface area contributed by atoms with Gasteiger partial charge in [-0.25, -0.2) is 4.98 Å². The molecule has 0 atom stereocenters. The molecule has 12 heavy (non-hydrogen) atoms. The molecule has 0 spiro atoms. The first kappa shape index (κ1) is 9.30. The summed E-state index contributed by atoms with van der Waals surface area (Å²) in [6, 6.07) is 0. The minimum absolute atomic E-state index is 0.809. The van der Waals surface area contributed by atoms with Crippen LogP contribution in [0.4, 0.5) is 0 Å². The van der Waals surface area contributed by atoms with Crippen LogP contribution in [0.25, 0.3) is 0 Å². The van der Waals surface area contributed by atoms with Crippen LogP contribution in [0.3, 0.4) is 0 Å². The van der Waals surface area contributed by atoms with E-state index in [2.05, 4.69) is 30.7 Å². The maximum absolute atomic E-state index is 4.26. The first-order valence-electron chi connectivity index (χ1n) is 4.69. The fourth-order valence-electron chi connectivity index (χ4n) is 1.32. The van der Waals surface area contributed by atoms with Gasteiger partial charge in [-0.2, -0.15) is 0 Å². The van der Waals surface area contributed by atoms with Crippen molar-refractivity contribution in [3.63, 3.8) is 0 Å². The van der Waals surface area contributed by atoms with Crippen molar-refractivity contribution in [2.75, 3.05) is 0 Å². The van der Waals surface area contributed by atoms with E-state index in [4.69, 9.17) is 0 Å². The van der Waals surface area contributed by atoms with Crippen LogP contribution >= 0.6 is 0 Å². The van der Waals surface area contributed by atoms with Gasteiger partial charge < -0.3 is 4.98 Å². The topological polar surface area (TPSA) is 28.7 Å². The molecule has 0 amide bonds. The molecule has 2 heteroatoms. The van der Waals surface area contributed by atoms with Gasteiger partial charge in [0.25, 0.3) is 0 Å². The van der Waals surface area contributed by atoms with Crippen molar-refractivity contribution in [3.8, 4) is 0 Å². The van der Waals surface area contributed by atoms with E-state index in [1.807, 2.05) is 0 Å². The molecule has 1 rings (SSSR count). The summed E-state index contributed by atoms with van der Waals surface area (Å²) >= 11 is 0. The second-order valence-corrected chi connectivity index (χ2v) is 3.76. The number of nitrogens with one attached hydrogen (secondary N) is 1. The van der Waals surface area contributed by atoms with Gasteiger partial charge in [-0.15, -0.1) is 0 Å². The summed E-state index contributed by atoms with van der Waals surface area (Å²) in [5.74, 6) is 0.809. The van der Waals surface area contributed by atoms with Gasteiger partial charge in [0.15, 0.2) is 0 Å². The van der Waals surface area contributed by atoms with Crippen LogP contribution in [-0.2, 0) is 6.42 Å². The summed E-state index contributed by atoms with van der Waals surface area (Å²) in [6.07, 6.45) is 5.45. The third kappa shape index (κ3) is 2.68. The molecule has 1 aromatic heterocycles. The number of aromatic nitrogens is 2. The fourth-order valence-corrected chi connectivity index (χ4v) is 1.32. The highest BCUT2D eigenvalue weighted by molar-refractivity contribution is 5.08. The Morgan fingerprint density at radius 2 is 2.25 bits per heavy atom. The van der Waals surface area contributed by atoms with Gasteiger partial charge in [-0.3, -0.25) is 0 Å². The predicted octanol–water partition coefficient (Wildman–Crippen LogP) is 2.70. The fraction of sp³-hybridized carbons (Fsp3) is 0.700. The van der Waals surface area contributed by atoms with Crippen LogP contribution < -0.4 is 0 Å². The van der Waals surface area contributed by atoms with E-state index in [0.717, 1.165) is 12.3 Å². The van der Waals surface area contributed by atoms with E-state index in [0.29, 0.717) is 0 Å². The largest absolute Gasteiger partial charge is 0.348 e. The number of hydrogen-bond donors (Lipinski definition) is 1. The summed E-state index contributed by atoms with van der Waals surface area (Å²) in [4.78, 5) is 7.35. The highest BCUT2D eigenvalue weighted by Crippen LogP contribution is 2.09. The Morgan fingerprint density at radius 3 is 2.75 bits per heavy atom. The molecule has 1 N–H and O–H groups in total. The van der Waals surface area contributed by atoms with E-state index in [9.17, 15) is 0 Å². The Labute approximate surface area is 74.4 Å². The lowest BCUT2D eigenvalue weighted by Crippen LogP contribution is -1.92. The number of H-pyrrole nitrogens is 1. The molecular weight excluding hydrogens is 148 g/mol. The molecular formula is C10H18N2. The highest BCUT2D eigenvalue weighted by Gasteiger charge is 2.00. The Hall–Kier alpha value is -0.790. The smallest absolute Gasteiger partial charge is 0.0925 e. The minimum atomic E-state index is 0.809. The molecule has 1 aromatic rings. The number of hydrogen-bond acceptors (Lipinski definition) is 1. The summed E-state index contributed by atoms with van der Waals surface area (Å²) in [5.41, 5.74) is 2.45. The maximum atomic E-state index is 4.26. The molecule has 0 saturated heterocycles. The minimum Gasteiger partial charge on any atom is -0.348 e. The summed E-state index contributed by atoms with van der Waals surface area (Å²) < 4.78 is 0. The molecule has 68 valence electrons. The van der Waals surface area contributed by atoms with Gasteiger partial charge in [0.1, 0.15) is 0 Å². The van der Waals surface area contributed by atoms with Crippen LogP contribution in [0.5, 0.6) is 0 Å². The van der Waals surface area contributed by atoms with Crippen LogP contribution in [0.15, 0.2) is 6.33 Å². The van der Waals surface area contributed by atoms with Crippen LogP contribution in [0, 0.1) is 12.8 Å². The van der Waals surface area contributed by atoms with Crippen molar-refractivity contribution in [1.29, 1.82) is 0 Å². The number of rotatable bonds is 4. The van der Waals surface area contributed by atoms with Crippen LogP contribution in [-0.4, -0.2) is 9.97 Å². The van der Waals surface area contributed by atoms with Crippen molar-refractivity contribution >= 4 is 0 Å². The second-order valence-electron chi connectivity index (χ2n) is 3.76. The Kier molecular flexibility index (Phi) is 3.32. The van der Waals surface area contributed by atoms with Gasteiger partial charge in [-0.05, 0) is 25.7 Å². The van der Waals surface area contributed by atoms with Crippen molar-refractivity contribution in [2.24, 2.45) is 5.92 Å². The summed E-state index contributed by atoms with van der Waals surface area (Å²) in [5, 5.41) is 0. The molecule has 0 aliphatic carbocycles. The lowest BCUT2D eigenvalue weighted by Gasteiger charge is -2.02. The van der Waals surface area contributed by atoms with Gasteiger partial charge in [-0.1, -0.05) is 20.3 Å². The van der Waals surface area contributed by atoms with Gasteiger partial charge in [0.05, 0.1) is 12.0 Å². The highest BCUT2D eigenvalue weighted by atomic mass is 14.9. The molecule has 0 unspecified atom stereocenters. The Balaban J connectivity index is 2.29. The molecule has 0 fully saturated rings. The zero-order chi connectivity index (χ0) is 8.97. The van der Waals surface area contributed by atoms with Crippen molar-refractivity contribution in [2.45, 2.75) is 40.0 Å². The lowest BCUT2D eigenvalue weighted by molar-refractivity contribution is 0.553. The van der Waals surface area contributed by atoms with E-state index in [1.54, 1.807) is 6.33 Å². The number of imidazole rings is 1. The normalized spacial score (nSPS) is 11.0. The van der Waals surface area contributed by atoms with Crippen molar-refractivity contribution in [3.05, 3.63) is 17.7 Å². The van der Waals surface area contributed by atoms with Gasteiger partial charge in [0.2, 0.25) is 0 Å². The average molecular weight is 166 g/mol. The molecule has 2 nitrogen and oxygen atoms in total. The summed E-state index contributed by atoms with van der Waals surface area (Å²) in [7, 11) is 0.